The first-order chi connectivity index (χ1) is 8.99. The lowest BCUT2D eigenvalue weighted by Crippen LogP contribution is -2.07. The third-order valence-corrected chi connectivity index (χ3v) is 3.68. The van der Waals surface area contributed by atoms with Crippen molar-refractivity contribution in [3.05, 3.63) is 35.5 Å². The van der Waals surface area contributed by atoms with Gasteiger partial charge in [-0.1, -0.05) is 29.9 Å². The maximum absolute atomic E-state index is 10.7. The van der Waals surface area contributed by atoms with Gasteiger partial charge in [-0.05, 0) is 57.4 Å². The van der Waals surface area contributed by atoms with Crippen LogP contribution >= 0.6 is 0 Å². The molecule has 1 rings (SSSR count). The largest absolute Gasteiger partial charge is 0.461 e. The maximum Gasteiger partial charge on any atom is 0.302 e. The first-order valence-corrected chi connectivity index (χ1v) is 7.11. The molecule has 0 bridgehead atoms. The molecular formula is C17H26O2. The molecule has 0 heterocycles. The Morgan fingerprint density at radius 3 is 2.84 bits per heavy atom. The molecule has 2 heteroatoms. The van der Waals surface area contributed by atoms with Crippen molar-refractivity contribution >= 4 is 5.97 Å². The minimum atomic E-state index is -0.221. The van der Waals surface area contributed by atoms with Crippen molar-refractivity contribution < 1.29 is 9.53 Å². The molecule has 0 saturated heterocycles. The van der Waals surface area contributed by atoms with E-state index in [1.165, 1.54) is 30.9 Å². The van der Waals surface area contributed by atoms with Gasteiger partial charge in [-0.25, -0.2) is 0 Å². The Hall–Kier alpha value is -1.31. The van der Waals surface area contributed by atoms with Crippen molar-refractivity contribution in [3.63, 3.8) is 0 Å². The molecule has 1 aliphatic carbocycles. The summed E-state index contributed by atoms with van der Waals surface area (Å²) in [6.45, 7) is 10.3. The highest BCUT2D eigenvalue weighted by Gasteiger charge is 2.14. The summed E-state index contributed by atoms with van der Waals surface area (Å²) in [6, 6.07) is 0. The van der Waals surface area contributed by atoms with Gasteiger partial charge < -0.3 is 4.74 Å². The molecule has 2 nitrogen and oxygen atoms in total. The molecule has 19 heavy (non-hydrogen) atoms. The van der Waals surface area contributed by atoms with E-state index in [0.717, 1.165) is 24.8 Å². The van der Waals surface area contributed by atoms with Gasteiger partial charge in [-0.2, -0.15) is 0 Å². The number of carbonyl (C=O) groups is 1. The molecule has 0 radical (unpaired) electrons. The summed E-state index contributed by atoms with van der Waals surface area (Å²) in [5, 5.41) is 0. The molecule has 0 aromatic rings. The second kappa shape index (κ2) is 7.98. The molecule has 0 saturated carbocycles. The Labute approximate surface area is 117 Å². The molecule has 0 aromatic carbocycles. The van der Waals surface area contributed by atoms with E-state index in [-0.39, 0.29) is 5.97 Å². The van der Waals surface area contributed by atoms with E-state index in [1.54, 1.807) is 0 Å². The fraction of sp³-hybridized carbons (Fsp3) is 0.588. The number of hydrogen-bond acceptors (Lipinski definition) is 2. The molecule has 1 aliphatic rings. The van der Waals surface area contributed by atoms with Crippen LogP contribution in [0.15, 0.2) is 35.5 Å². The second-order valence-corrected chi connectivity index (χ2v) is 5.55. The van der Waals surface area contributed by atoms with Crippen LogP contribution in [0.4, 0.5) is 0 Å². The van der Waals surface area contributed by atoms with E-state index in [9.17, 15) is 4.79 Å². The molecule has 0 aromatic heterocycles. The second-order valence-electron chi connectivity index (χ2n) is 5.55. The van der Waals surface area contributed by atoms with Gasteiger partial charge in [0.05, 0.1) is 0 Å². The van der Waals surface area contributed by atoms with Crippen LogP contribution in [0.3, 0.4) is 0 Å². The smallest absolute Gasteiger partial charge is 0.302 e. The molecule has 1 unspecified atom stereocenters. The van der Waals surface area contributed by atoms with Gasteiger partial charge in [0.25, 0.3) is 0 Å². The summed E-state index contributed by atoms with van der Waals surface area (Å²) < 4.78 is 4.95. The number of allylic oxidation sites excluding steroid dienone is 4. The van der Waals surface area contributed by atoms with Crippen LogP contribution in [0.25, 0.3) is 0 Å². The molecular weight excluding hydrogens is 236 g/mol. The van der Waals surface area contributed by atoms with Crippen LogP contribution in [0.2, 0.25) is 0 Å². The van der Waals surface area contributed by atoms with Crippen molar-refractivity contribution in [2.45, 2.75) is 52.9 Å². The van der Waals surface area contributed by atoms with Crippen LogP contribution in [0.5, 0.6) is 0 Å². The summed E-state index contributed by atoms with van der Waals surface area (Å²) in [5.41, 5.74) is 3.99. The lowest BCUT2D eigenvalue weighted by atomic mass is 9.84. The van der Waals surface area contributed by atoms with Crippen molar-refractivity contribution in [2.24, 2.45) is 5.92 Å². The van der Waals surface area contributed by atoms with Gasteiger partial charge in [0.15, 0.2) is 0 Å². The fourth-order valence-electron chi connectivity index (χ4n) is 2.32. The first-order valence-electron chi connectivity index (χ1n) is 7.11. The Balaban J connectivity index is 2.26. The van der Waals surface area contributed by atoms with Crippen molar-refractivity contribution in [1.29, 1.82) is 0 Å². The number of esters is 1. The van der Waals surface area contributed by atoms with Gasteiger partial charge in [0.2, 0.25) is 0 Å². The van der Waals surface area contributed by atoms with E-state index in [2.05, 4.69) is 25.7 Å². The molecule has 0 aliphatic heterocycles. The highest BCUT2D eigenvalue weighted by Crippen LogP contribution is 2.30. The van der Waals surface area contributed by atoms with E-state index in [1.807, 2.05) is 6.92 Å². The molecule has 106 valence electrons. The van der Waals surface area contributed by atoms with E-state index in [4.69, 9.17) is 4.74 Å². The van der Waals surface area contributed by atoms with Gasteiger partial charge in [0, 0.05) is 6.92 Å². The van der Waals surface area contributed by atoms with Crippen LogP contribution in [0, 0.1) is 5.92 Å². The highest BCUT2D eigenvalue weighted by atomic mass is 16.5. The zero-order valence-electron chi connectivity index (χ0n) is 12.5. The van der Waals surface area contributed by atoms with E-state index in [0.29, 0.717) is 12.5 Å². The van der Waals surface area contributed by atoms with Crippen LogP contribution < -0.4 is 0 Å². The summed E-state index contributed by atoms with van der Waals surface area (Å²) in [6.07, 6.45) is 10.1. The summed E-state index contributed by atoms with van der Waals surface area (Å²) in [7, 11) is 0. The lowest BCUT2D eigenvalue weighted by molar-refractivity contribution is -0.139. The topological polar surface area (TPSA) is 26.3 Å². The minimum absolute atomic E-state index is 0.221. The fourth-order valence-corrected chi connectivity index (χ4v) is 2.32. The lowest BCUT2D eigenvalue weighted by Gasteiger charge is -2.22. The number of ether oxygens (including phenoxy) is 1. The molecule has 0 amide bonds. The zero-order valence-corrected chi connectivity index (χ0v) is 12.5. The number of hydrogen-bond donors (Lipinski definition) is 0. The van der Waals surface area contributed by atoms with Crippen LogP contribution in [-0.4, -0.2) is 12.6 Å². The predicted molar refractivity (Wildman–Crippen MR) is 79.9 cm³/mol. The van der Waals surface area contributed by atoms with Gasteiger partial charge in [-0.3, -0.25) is 4.79 Å². The normalized spacial score (nSPS) is 19.8. The molecule has 0 spiro atoms. The predicted octanol–water partition coefficient (Wildman–Crippen LogP) is 4.58. The van der Waals surface area contributed by atoms with Crippen molar-refractivity contribution in [1.82, 2.24) is 0 Å². The summed E-state index contributed by atoms with van der Waals surface area (Å²) in [5.74, 6) is 0.437. The Kier molecular flexibility index (Phi) is 6.61. The van der Waals surface area contributed by atoms with Crippen LogP contribution in [0.1, 0.15) is 52.9 Å². The SMILES string of the molecule is C=C(CCC=C(C)COC(C)=O)C1CC=C(C)CC1. The number of rotatable bonds is 6. The Bertz CT molecular complexity index is 388. The van der Waals surface area contributed by atoms with Crippen molar-refractivity contribution in [2.75, 3.05) is 6.61 Å². The van der Waals surface area contributed by atoms with Crippen molar-refractivity contribution in [3.8, 4) is 0 Å². The summed E-state index contributed by atoms with van der Waals surface area (Å²) in [4.78, 5) is 10.7. The third-order valence-electron chi connectivity index (χ3n) is 3.68. The highest BCUT2D eigenvalue weighted by molar-refractivity contribution is 5.66. The van der Waals surface area contributed by atoms with E-state index >= 15 is 0 Å². The molecule has 0 fully saturated rings. The van der Waals surface area contributed by atoms with Gasteiger partial charge in [0.1, 0.15) is 6.61 Å². The van der Waals surface area contributed by atoms with Gasteiger partial charge in [-0.15, -0.1) is 0 Å². The number of carbonyl (C=O) groups excluding carboxylic acids is 1. The van der Waals surface area contributed by atoms with E-state index < -0.39 is 0 Å². The Morgan fingerprint density at radius 2 is 2.26 bits per heavy atom. The summed E-state index contributed by atoms with van der Waals surface area (Å²) >= 11 is 0. The average Bonchev–Trinajstić information content (AvgIpc) is 2.37. The quantitative estimate of drug-likeness (QED) is 0.517. The average molecular weight is 262 g/mol. The third kappa shape index (κ3) is 6.42. The van der Waals surface area contributed by atoms with Crippen LogP contribution in [-0.2, 0) is 9.53 Å². The van der Waals surface area contributed by atoms with Gasteiger partial charge >= 0.3 is 5.97 Å². The minimum Gasteiger partial charge on any atom is -0.461 e. The molecule has 0 N–H and O–H groups in total. The molecule has 1 atom stereocenters. The Morgan fingerprint density at radius 1 is 1.53 bits per heavy atom. The standard InChI is InChI=1S/C17H26O2/c1-13-8-10-17(11-9-13)15(3)7-5-6-14(2)12-19-16(4)18/h6,8,17H,3,5,7,9-12H2,1-2,4H3. The first kappa shape index (κ1) is 15.7. The zero-order chi connectivity index (χ0) is 14.3. The monoisotopic (exact) mass is 262 g/mol. The maximum atomic E-state index is 10.7.